The van der Waals surface area contributed by atoms with E-state index in [0.717, 1.165) is 32.4 Å². The van der Waals surface area contributed by atoms with Gasteiger partial charge in [0.15, 0.2) is 0 Å². The second-order valence-electron chi connectivity index (χ2n) is 4.39. The van der Waals surface area contributed by atoms with Gasteiger partial charge in [0.25, 0.3) is 0 Å². The molecule has 0 fully saturated rings. The molecule has 1 unspecified atom stereocenters. The van der Waals surface area contributed by atoms with Crippen molar-refractivity contribution in [2.75, 3.05) is 13.1 Å². The van der Waals surface area contributed by atoms with Crippen molar-refractivity contribution in [1.82, 2.24) is 0 Å². The zero-order valence-electron chi connectivity index (χ0n) is 10.1. The summed E-state index contributed by atoms with van der Waals surface area (Å²) in [6.45, 7) is 1.64. The molecule has 0 saturated heterocycles. The Morgan fingerprint density at radius 1 is 0.600 bits per heavy atom. The first kappa shape index (κ1) is 14.9. The zero-order valence-corrected chi connectivity index (χ0v) is 10.1. The van der Waals surface area contributed by atoms with Gasteiger partial charge in [-0.3, -0.25) is 0 Å². The molecule has 0 aromatic rings. The molecule has 6 N–H and O–H groups in total. The summed E-state index contributed by atoms with van der Waals surface area (Å²) >= 11 is 0. The Labute approximate surface area is 94.8 Å². The number of hydrogen-bond acceptors (Lipinski definition) is 3. The highest BCUT2D eigenvalue weighted by atomic mass is 14.6. The molecule has 0 bridgehead atoms. The summed E-state index contributed by atoms with van der Waals surface area (Å²) in [5, 5.41) is 0. The largest absolute Gasteiger partial charge is 0.330 e. The molecule has 0 spiro atoms. The van der Waals surface area contributed by atoms with E-state index in [1.807, 2.05) is 0 Å². The van der Waals surface area contributed by atoms with Crippen LogP contribution in [0.1, 0.15) is 57.8 Å². The Morgan fingerprint density at radius 3 is 1.47 bits per heavy atom. The van der Waals surface area contributed by atoms with Gasteiger partial charge in [-0.05, 0) is 38.8 Å². The maximum atomic E-state index is 6.01. The van der Waals surface area contributed by atoms with Gasteiger partial charge in [-0.15, -0.1) is 0 Å². The monoisotopic (exact) mass is 215 g/mol. The summed E-state index contributed by atoms with van der Waals surface area (Å²) in [5.41, 5.74) is 16.9. The lowest BCUT2D eigenvalue weighted by atomic mass is 10.0. The van der Waals surface area contributed by atoms with E-state index in [0.29, 0.717) is 6.04 Å². The summed E-state index contributed by atoms with van der Waals surface area (Å²) in [7, 11) is 0. The maximum absolute atomic E-state index is 6.01. The van der Waals surface area contributed by atoms with Crippen molar-refractivity contribution in [2.45, 2.75) is 63.8 Å². The molecule has 3 heteroatoms. The highest BCUT2D eigenvalue weighted by Gasteiger charge is 2.01. The third kappa shape index (κ3) is 11.8. The molecule has 0 aliphatic heterocycles. The molecule has 0 radical (unpaired) electrons. The molecule has 0 aromatic heterocycles. The molecule has 0 aliphatic carbocycles. The summed E-state index contributed by atoms with van der Waals surface area (Å²) in [5.74, 6) is 0. The lowest BCUT2D eigenvalue weighted by molar-refractivity contribution is 0.493. The smallest absolute Gasteiger partial charge is 0.00388 e. The standard InChI is InChI=1S/C12H29N3/c13-10-6-2-1-4-8-12(15)9-5-3-7-11-14/h12H,1-11,13-15H2. The van der Waals surface area contributed by atoms with Crippen molar-refractivity contribution < 1.29 is 0 Å². The van der Waals surface area contributed by atoms with Gasteiger partial charge in [-0.2, -0.15) is 0 Å². The first-order valence-corrected chi connectivity index (χ1v) is 6.47. The van der Waals surface area contributed by atoms with E-state index in [-0.39, 0.29) is 0 Å². The van der Waals surface area contributed by atoms with Gasteiger partial charge in [-0.25, -0.2) is 0 Å². The van der Waals surface area contributed by atoms with Crippen molar-refractivity contribution in [3.63, 3.8) is 0 Å². The van der Waals surface area contributed by atoms with Gasteiger partial charge >= 0.3 is 0 Å². The summed E-state index contributed by atoms with van der Waals surface area (Å²) in [4.78, 5) is 0. The van der Waals surface area contributed by atoms with Gasteiger partial charge in [-0.1, -0.05) is 32.1 Å². The highest BCUT2D eigenvalue weighted by Crippen LogP contribution is 2.09. The van der Waals surface area contributed by atoms with E-state index in [9.17, 15) is 0 Å². The van der Waals surface area contributed by atoms with Crippen LogP contribution in [-0.4, -0.2) is 19.1 Å². The first-order chi connectivity index (χ1) is 7.31. The van der Waals surface area contributed by atoms with Crippen LogP contribution < -0.4 is 17.2 Å². The van der Waals surface area contributed by atoms with Crippen molar-refractivity contribution in [1.29, 1.82) is 0 Å². The fourth-order valence-corrected chi connectivity index (χ4v) is 1.78. The Kier molecular flexibility index (Phi) is 11.9. The third-order valence-electron chi connectivity index (χ3n) is 2.81. The lowest BCUT2D eigenvalue weighted by Crippen LogP contribution is -2.19. The minimum Gasteiger partial charge on any atom is -0.330 e. The second kappa shape index (κ2) is 12.0. The number of hydrogen-bond donors (Lipinski definition) is 3. The van der Waals surface area contributed by atoms with Gasteiger partial charge in [0.05, 0.1) is 0 Å². The van der Waals surface area contributed by atoms with Crippen LogP contribution in [0, 0.1) is 0 Å². The topological polar surface area (TPSA) is 78.1 Å². The van der Waals surface area contributed by atoms with Gasteiger partial charge in [0.1, 0.15) is 0 Å². The van der Waals surface area contributed by atoms with Crippen LogP contribution in [0.25, 0.3) is 0 Å². The van der Waals surface area contributed by atoms with Crippen LogP contribution >= 0.6 is 0 Å². The van der Waals surface area contributed by atoms with Crippen LogP contribution in [0.3, 0.4) is 0 Å². The molecule has 0 aliphatic rings. The van der Waals surface area contributed by atoms with Crippen LogP contribution in [-0.2, 0) is 0 Å². The van der Waals surface area contributed by atoms with Crippen LogP contribution in [0.4, 0.5) is 0 Å². The maximum Gasteiger partial charge on any atom is 0.00388 e. The van der Waals surface area contributed by atoms with Gasteiger partial charge in [0.2, 0.25) is 0 Å². The molecule has 1 atom stereocenters. The number of nitrogens with two attached hydrogens (primary N) is 3. The predicted octanol–water partition coefficient (Wildman–Crippen LogP) is 1.74. The van der Waals surface area contributed by atoms with E-state index in [4.69, 9.17) is 17.2 Å². The Hall–Kier alpha value is -0.120. The van der Waals surface area contributed by atoms with Crippen molar-refractivity contribution in [2.24, 2.45) is 17.2 Å². The lowest BCUT2D eigenvalue weighted by Gasteiger charge is -2.10. The average Bonchev–Trinajstić information content (AvgIpc) is 2.24. The Morgan fingerprint density at radius 2 is 1.00 bits per heavy atom. The van der Waals surface area contributed by atoms with Crippen LogP contribution in [0.2, 0.25) is 0 Å². The molecule has 0 heterocycles. The van der Waals surface area contributed by atoms with Crippen LogP contribution in [0.15, 0.2) is 0 Å². The first-order valence-electron chi connectivity index (χ1n) is 6.47. The summed E-state index contributed by atoms with van der Waals surface area (Å²) < 4.78 is 0. The molecular weight excluding hydrogens is 186 g/mol. The van der Waals surface area contributed by atoms with Crippen molar-refractivity contribution in [3.8, 4) is 0 Å². The van der Waals surface area contributed by atoms with Crippen LogP contribution in [0.5, 0.6) is 0 Å². The fourth-order valence-electron chi connectivity index (χ4n) is 1.78. The predicted molar refractivity (Wildman–Crippen MR) is 67.6 cm³/mol. The number of unbranched alkanes of at least 4 members (excludes halogenated alkanes) is 5. The minimum absolute atomic E-state index is 0.403. The minimum atomic E-state index is 0.403. The van der Waals surface area contributed by atoms with Crippen molar-refractivity contribution in [3.05, 3.63) is 0 Å². The molecule has 0 saturated carbocycles. The van der Waals surface area contributed by atoms with Gasteiger partial charge in [0, 0.05) is 6.04 Å². The van der Waals surface area contributed by atoms with Gasteiger partial charge < -0.3 is 17.2 Å². The van der Waals surface area contributed by atoms with E-state index in [2.05, 4.69) is 0 Å². The molecule has 0 amide bonds. The fraction of sp³-hybridized carbons (Fsp3) is 1.00. The SMILES string of the molecule is NCCCCCCC(N)CCCCCN. The summed E-state index contributed by atoms with van der Waals surface area (Å²) in [6.07, 6.45) is 10.9. The highest BCUT2D eigenvalue weighted by molar-refractivity contribution is 4.61. The summed E-state index contributed by atoms with van der Waals surface area (Å²) in [6, 6.07) is 0.403. The van der Waals surface area contributed by atoms with Crippen molar-refractivity contribution >= 4 is 0 Å². The normalized spacial score (nSPS) is 13.0. The molecule has 0 rings (SSSR count). The Bertz CT molecular complexity index is 117. The average molecular weight is 215 g/mol. The molecule has 92 valence electrons. The molecule has 15 heavy (non-hydrogen) atoms. The molecule has 3 nitrogen and oxygen atoms in total. The zero-order chi connectivity index (χ0) is 11.4. The quantitative estimate of drug-likeness (QED) is 0.459. The third-order valence-corrected chi connectivity index (χ3v) is 2.81. The number of rotatable bonds is 11. The van der Waals surface area contributed by atoms with E-state index in [1.165, 1.54) is 38.5 Å². The van der Waals surface area contributed by atoms with E-state index < -0.39 is 0 Å². The van der Waals surface area contributed by atoms with E-state index >= 15 is 0 Å². The molecular formula is C12H29N3. The Balaban J connectivity index is 3.08. The van der Waals surface area contributed by atoms with E-state index in [1.54, 1.807) is 0 Å². The second-order valence-corrected chi connectivity index (χ2v) is 4.39. The molecule has 0 aromatic carbocycles.